The number of nitrogens with zero attached hydrogens (tertiary/aromatic N) is 2. The van der Waals surface area contributed by atoms with Crippen LogP contribution in [0.25, 0.3) is 0 Å². The summed E-state index contributed by atoms with van der Waals surface area (Å²) in [5.41, 5.74) is 0.725. The van der Waals surface area contributed by atoms with Gasteiger partial charge in [-0.05, 0) is 18.1 Å². The van der Waals surface area contributed by atoms with Gasteiger partial charge in [-0.3, -0.25) is 9.69 Å². The molecule has 24 heavy (non-hydrogen) atoms. The van der Waals surface area contributed by atoms with E-state index in [-0.39, 0.29) is 18.5 Å². The zero-order valence-corrected chi connectivity index (χ0v) is 14.7. The Kier molecular flexibility index (Phi) is 5.89. The summed E-state index contributed by atoms with van der Waals surface area (Å²) in [7, 11) is 3.12. The molecule has 0 saturated carbocycles. The van der Waals surface area contributed by atoms with Crippen molar-refractivity contribution < 1.29 is 19.1 Å². The lowest BCUT2D eigenvalue weighted by molar-refractivity contribution is -0.121. The number of methoxy groups -OCH3 is 2. The number of urea groups is 1. The number of anilines is 1. The van der Waals surface area contributed by atoms with Crippen LogP contribution in [0, 0.1) is 5.92 Å². The third kappa shape index (κ3) is 4.10. The van der Waals surface area contributed by atoms with Gasteiger partial charge in [0.15, 0.2) is 11.5 Å². The topological polar surface area (TPSA) is 71.1 Å². The molecule has 0 aliphatic carbocycles. The largest absolute Gasteiger partial charge is 0.493 e. The molecular formula is C17H25N3O4. The van der Waals surface area contributed by atoms with Gasteiger partial charge in [0.1, 0.15) is 6.54 Å². The molecule has 1 aromatic carbocycles. The van der Waals surface area contributed by atoms with Crippen molar-refractivity contribution in [2.45, 2.75) is 13.8 Å². The van der Waals surface area contributed by atoms with Crippen molar-refractivity contribution >= 4 is 17.6 Å². The highest BCUT2D eigenvalue weighted by atomic mass is 16.5. The van der Waals surface area contributed by atoms with Gasteiger partial charge < -0.3 is 19.7 Å². The lowest BCUT2D eigenvalue weighted by Gasteiger charge is -2.19. The molecule has 1 aliphatic rings. The van der Waals surface area contributed by atoms with Crippen molar-refractivity contribution in [3.8, 4) is 11.5 Å². The van der Waals surface area contributed by atoms with Crippen molar-refractivity contribution in [3.63, 3.8) is 0 Å². The second kappa shape index (κ2) is 7.90. The number of rotatable bonds is 7. The fourth-order valence-electron chi connectivity index (χ4n) is 2.51. The van der Waals surface area contributed by atoms with Crippen LogP contribution in [0.15, 0.2) is 18.2 Å². The van der Waals surface area contributed by atoms with Crippen LogP contribution in [0.3, 0.4) is 0 Å². The Labute approximate surface area is 142 Å². The maximum Gasteiger partial charge on any atom is 0.325 e. The quantitative estimate of drug-likeness (QED) is 0.823. The fraction of sp³-hybridized carbons (Fsp3) is 0.529. The van der Waals surface area contributed by atoms with Crippen LogP contribution in [-0.2, 0) is 4.79 Å². The fourth-order valence-corrected chi connectivity index (χ4v) is 2.51. The van der Waals surface area contributed by atoms with Gasteiger partial charge in [0.25, 0.3) is 0 Å². The van der Waals surface area contributed by atoms with Crippen LogP contribution >= 0.6 is 0 Å². The average Bonchev–Trinajstić information content (AvgIpc) is 2.93. The van der Waals surface area contributed by atoms with Crippen LogP contribution in [0.1, 0.15) is 13.8 Å². The zero-order chi connectivity index (χ0) is 17.7. The van der Waals surface area contributed by atoms with Crippen LogP contribution in [0.5, 0.6) is 11.5 Å². The second-order valence-electron chi connectivity index (χ2n) is 6.09. The molecule has 1 heterocycles. The number of carbonyl (C=O) groups excluding carboxylic acids is 2. The van der Waals surface area contributed by atoms with Gasteiger partial charge >= 0.3 is 6.03 Å². The summed E-state index contributed by atoms with van der Waals surface area (Å²) in [5, 5.41) is 2.83. The number of amides is 3. The van der Waals surface area contributed by atoms with E-state index >= 15 is 0 Å². The predicted molar refractivity (Wildman–Crippen MR) is 91.7 cm³/mol. The Morgan fingerprint density at radius 1 is 1.21 bits per heavy atom. The van der Waals surface area contributed by atoms with Gasteiger partial charge in [0.05, 0.1) is 14.2 Å². The van der Waals surface area contributed by atoms with E-state index in [2.05, 4.69) is 5.32 Å². The molecule has 7 nitrogen and oxygen atoms in total. The molecule has 0 spiro atoms. The molecule has 3 amide bonds. The molecule has 1 fully saturated rings. The second-order valence-corrected chi connectivity index (χ2v) is 6.09. The highest BCUT2D eigenvalue weighted by molar-refractivity contribution is 5.96. The van der Waals surface area contributed by atoms with Gasteiger partial charge in [-0.15, -0.1) is 0 Å². The minimum atomic E-state index is -0.179. The van der Waals surface area contributed by atoms with Crippen molar-refractivity contribution in [3.05, 3.63) is 18.2 Å². The molecule has 0 unspecified atom stereocenters. The Balaban J connectivity index is 2.02. The van der Waals surface area contributed by atoms with Crippen molar-refractivity contribution in [2.75, 3.05) is 45.3 Å². The average molecular weight is 335 g/mol. The lowest BCUT2D eigenvalue weighted by atomic mass is 10.2. The minimum absolute atomic E-state index is 0.0787. The van der Waals surface area contributed by atoms with Crippen LogP contribution in [-0.4, -0.2) is 57.2 Å². The molecule has 1 aliphatic heterocycles. The third-order valence-electron chi connectivity index (χ3n) is 3.82. The van der Waals surface area contributed by atoms with E-state index in [4.69, 9.17) is 9.47 Å². The Morgan fingerprint density at radius 3 is 2.54 bits per heavy atom. The van der Waals surface area contributed by atoms with E-state index in [1.54, 1.807) is 36.2 Å². The third-order valence-corrected chi connectivity index (χ3v) is 3.82. The molecule has 1 N–H and O–H groups in total. The smallest absolute Gasteiger partial charge is 0.325 e. The Hall–Kier alpha value is -2.44. The highest BCUT2D eigenvalue weighted by Crippen LogP contribution is 2.32. The van der Waals surface area contributed by atoms with E-state index in [9.17, 15) is 9.59 Å². The van der Waals surface area contributed by atoms with Gasteiger partial charge in [-0.1, -0.05) is 13.8 Å². The number of carbonyl (C=O) groups is 2. The SMILES string of the molecule is COc1ccc(N2CCN(CC(=O)NCC(C)C)C2=O)cc1OC. The maximum atomic E-state index is 12.5. The van der Waals surface area contributed by atoms with Crippen molar-refractivity contribution in [1.29, 1.82) is 0 Å². The van der Waals surface area contributed by atoms with E-state index in [0.29, 0.717) is 37.1 Å². The van der Waals surface area contributed by atoms with E-state index < -0.39 is 0 Å². The zero-order valence-electron chi connectivity index (χ0n) is 14.7. The predicted octanol–water partition coefficient (Wildman–Crippen LogP) is 1.72. The monoisotopic (exact) mass is 335 g/mol. The lowest BCUT2D eigenvalue weighted by Crippen LogP contribution is -2.40. The van der Waals surface area contributed by atoms with E-state index in [1.807, 2.05) is 19.9 Å². The molecule has 0 aromatic heterocycles. The van der Waals surface area contributed by atoms with Gasteiger partial charge in [-0.25, -0.2) is 4.79 Å². The highest BCUT2D eigenvalue weighted by Gasteiger charge is 2.31. The summed E-state index contributed by atoms with van der Waals surface area (Å²) in [6.07, 6.45) is 0. The van der Waals surface area contributed by atoms with Crippen molar-refractivity contribution in [2.24, 2.45) is 5.92 Å². The first-order valence-electron chi connectivity index (χ1n) is 8.01. The molecule has 1 aromatic rings. The van der Waals surface area contributed by atoms with Crippen LogP contribution in [0.4, 0.5) is 10.5 Å². The summed E-state index contributed by atoms with van der Waals surface area (Å²) in [6.45, 7) is 5.80. The first-order chi connectivity index (χ1) is 11.5. The first kappa shape index (κ1) is 17.9. The number of ether oxygens (including phenoxy) is 2. The molecule has 0 radical (unpaired) electrons. The normalized spacial score (nSPS) is 14.3. The number of benzene rings is 1. The summed E-state index contributed by atoms with van der Waals surface area (Å²) in [6, 6.07) is 5.15. The molecule has 0 atom stereocenters. The summed E-state index contributed by atoms with van der Waals surface area (Å²) >= 11 is 0. The summed E-state index contributed by atoms with van der Waals surface area (Å²) in [4.78, 5) is 27.6. The summed E-state index contributed by atoms with van der Waals surface area (Å²) < 4.78 is 10.5. The minimum Gasteiger partial charge on any atom is -0.493 e. The van der Waals surface area contributed by atoms with Gasteiger partial charge in [-0.2, -0.15) is 0 Å². The summed E-state index contributed by atoms with van der Waals surface area (Å²) in [5.74, 6) is 1.42. The van der Waals surface area contributed by atoms with Crippen LogP contribution < -0.4 is 19.7 Å². The molecule has 0 bridgehead atoms. The standard InChI is InChI=1S/C17H25N3O4/c1-12(2)10-18-16(21)11-19-7-8-20(17(19)22)13-5-6-14(23-3)15(9-13)24-4/h5-6,9,12H,7-8,10-11H2,1-4H3,(H,18,21). The number of hydrogen-bond donors (Lipinski definition) is 1. The van der Waals surface area contributed by atoms with Crippen LogP contribution in [0.2, 0.25) is 0 Å². The van der Waals surface area contributed by atoms with E-state index in [0.717, 1.165) is 5.69 Å². The molecule has 132 valence electrons. The molecule has 7 heteroatoms. The number of nitrogens with one attached hydrogen (secondary N) is 1. The molecular weight excluding hydrogens is 310 g/mol. The Bertz CT molecular complexity index is 603. The van der Waals surface area contributed by atoms with Crippen molar-refractivity contribution in [1.82, 2.24) is 10.2 Å². The van der Waals surface area contributed by atoms with Gasteiger partial charge in [0, 0.05) is 31.4 Å². The molecule has 1 saturated heterocycles. The maximum absolute atomic E-state index is 12.5. The number of hydrogen-bond acceptors (Lipinski definition) is 4. The van der Waals surface area contributed by atoms with Gasteiger partial charge in [0.2, 0.25) is 5.91 Å². The Morgan fingerprint density at radius 2 is 1.92 bits per heavy atom. The van der Waals surface area contributed by atoms with E-state index in [1.165, 1.54) is 0 Å². The molecule has 2 rings (SSSR count). The first-order valence-corrected chi connectivity index (χ1v) is 8.01.